The zero-order valence-corrected chi connectivity index (χ0v) is 42.9. The fourth-order valence-corrected chi connectivity index (χ4v) is 6.20. The summed E-state index contributed by atoms with van der Waals surface area (Å²) in [5.74, 6) is 0. The van der Waals surface area contributed by atoms with Gasteiger partial charge in [0.25, 0.3) is 0 Å². The molecule has 0 saturated heterocycles. The second-order valence-electron chi connectivity index (χ2n) is 15.7. The Hall–Kier alpha value is -2.70. The van der Waals surface area contributed by atoms with E-state index in [1.807, 2.05) is 0 Å². The summed E-state index contributed by atoms with van der Waals surface area (Å²) in [6.07, 6.45) is 26.6. The van der Waals surface area contributed by atoms with Crippen molar-refractivity contribution in [2.24, 2.45) is 0 Å². The van der Waals surface area contributed by atoms with Crippen LogP contribution in [0.15, 0.2) is 98.1 Å². The Bertz CT molecular complexity index is 1650. The van der Waals surface area contributed by atoms with E-state index in [9.17, 15) is 50.4 Å². The molecule has 0 amide bonds. The Kier molecular flexibility index (Phi) is 24.3. The number of benzene rings is 2. The van der Waals surface area contributed by atoms with Crippen molar-refractivity contribution in [3.63, 3.8) is 0 Å². The number of hydrogen-bond acceptors (Lipinski definition) is 8. The van der Waals surface area contributed by atoms with E-state index in [-0.39, 0.29) is 44.8 Å². The van der Waals surface area contributed by atoms with Gasteiger partial charge < -0.3 is 39.2 Å². The number of hydrogen-bond donors (Lipinski definition) is 0. The average molecular weight is 1210 g/mol. The van der Waals surface area contributed by atoms with Crippen LogP contribution in [0.5, 0.6) is 0 Å². The smallest absolute Gasteiger partial charge is 1.00 e. The molecule has 0 spiro atoms. The molecule has 2 aromatic carbocycles. The van der Waals surface area contributed by atoms with Gasteiger partial charge in [0.05, 0.1) is 0 Å². The second kappa shape index (κ2) is 26.1. The van der Waals surface area contributed by atoms with Crippen molar-refractivity contribution >= 4 is 15.6 Å². The van der Waals surface area contributed by atoms with E-state index in [1.165, 1.54) is 73.6 Å². The molecule has 0 saturated carbocycles. The van der Waals surface area contributed by atoms with Crippen LogP contribution in [0.1, 0.15) is 101 Å². The third-order valence-electron chi connectivity index (χ3n) is 9.34. The molecule has 8 radical (unpaired) electrons. The molecule has 6 rings (SSSR count). The molecule has 4 aliphatic rings. The van der Waals surface area contributed by atoms with Gasteiger partial charge in [-0.05, 0) is 47.9 Å². The predicted octanol–water partition coefficient (Wildman–Crippen LogP) is 15.7. The summed E-state index contributed by atoms with van der Waals surface area (Å²) in [7, 11) is -21.3. The van der Waals surface area contributed by atoms with Crippen molar-refractivity contribution in [3.8, 4) is 0 Å². The van der Waals surface area contributed by atoms with E-state index < -0.39 is 15.6 Å². The van der Waals surface area contributed by atoms with Gasteiger partial charge in [0.15, 0.2) is 0 Å². The minimum atomic E-state index is -10.7. The molecule has 4 heterocycles. The van der Waals surface area contributed by atoms with Crippen LogP contribution in [0.4, 0.5) is 50.4 Å². The summed E-state index contributed by atoms with van der Waals surface area (Å²) in [6.45, 7) is 30.2. The Morgan fingerprint density at radius 3 is 0.647 bits per heavy atom. The summed E-state index contributed by atoms with van der Waals surface area (Å²) in [4.78, 5) is 17.2. The molecule has 0 bridgehead atoms. The van der Waals surface area contributed by atoms with E-state index in [0.29, 0.717) is 0 Å². The summed E-state index contributed by atoms with van der Waals surface area (Å²) < 4.78 is 118. The van der Waals surface area contributed by atoms with Gasteiger partial charge in [0, 0.05) is 102 Å². The fourth-order valence-electron chi connectivity index (χ4n) is 6.20. The summed E-state index contributed by atoms with van der Waals surface area (Å²) in [5, 5.41) is 0. The predicted molar refractivity (Wildman–Crippen MR) is 238 cm³/mol. The normalized spacial score (nSPS) is 17.3. The Labute approximate surface area is 426 Å². The van der Waals surface area contributed by atoms with Gasteiger partial charge in [0.2, 0.25) is 26.7 Å². The van der Waals surface area contributed by atoms with E-state index >= 15 is 0 Å². The molecule has 24 heteroatoms. The maximum absolute atomic E-state index is 10.7. The first-order valence-electron chi connectivity index (χ1n) is 21.6. The van der Waals surface area contributed by atoms with Crippen molar-refractivity contribution in [1.29, 1.82) is 0 Å². The van der Waals surface area contributed by atoms with Crippen LogP contribution in [0, 0.1) is 26.7 Å². The van der Waals surface area contributed by atoms with Crippen LogP contribution in [0.2, 0.25) is 0 Å². The zero-order valence-electron chi connectivity index (χ0n) is 38.2. The zero-order chi connectivity index (χ0) is 49.2. The summed E-state index contributed by atoms with van der Waals surface area (Å²) in [6, 6.07) is 17.3. The molecular weight excluding hydrogens is 1150 g/mol. The number of nitrogens with zero attached hydrogens (tertiary/aromatic N) is 8. The van der Waals surface area contributed by atoms with Crippen LogP contribution in [0.25, 0.3) is 0 Å². The largest absolute Gasteiger partial charge is 1.00 e. The summed E-state index contributed by atoms with van der Waals surface area (Å²) >= 11 is 0. The van der Waals surface area contributed by atoms with Crippen molar-refractivity contribution in [3.05, 3.63) is 147 Å². The van der Waals surface area contributed by atoms with Crippen LogP contribution in [0.3, 0.4) is 0 Å². The third-order valence-corrected chi connectivity index (χ3v) is 9.34. The first-order chi connectivity index (χ1) is 30.5. The number of unbranched alkanes of at least 4 members (excludes halogenated alkanes) is 4. The Morgan fingerprint density at radius 1 is 0.324 bits per heavy atom. The van der Waals surface area contributed by atoms with E-state index in [1.54, 1.807) is 0 Å². The minimum absolute atomic E-state index is 0. The molecule has 68 heavy (non-hydrogen) atoms. The molecule has 0 fully saturated rings. The van der Waals surface area contributed by atoms with Crippen molar-refractivity contribution < 1.29 is 95.1 Å². The summed E-state index contributed by atoms with van der Waals surface area (Å²) in [5.41, 5.74) is 5.35. The molecule has 4 aliphatic heterocycles. The topological polar surface area (TPSA) is 25.9 Å². The van der Waals surface area contributed by atoms with Crippen molar-refractivity contribution in [2.75, 3.05) is 26.2 Å². The number of rotatable bonds is 20. The molecule has 0 atom stereocenters. The quantitative estimate of drug-likeness (QED) is 0.0735. The van der Waals surface area contributed by atoms with Gasteiger partial charge in [-0.1, -0.05) is 102 Å². The molecule has 2 aromatic rings. The van der Waals surface area contributed by atoms with Crippen molar-refractivity contribution in [1.82, 2.24) is 39.2 Å². The van der Waals surface area contributed by atoms with Crippen molar-refractivity contribution in [2.45, 2.75) is 105 Å². The monoisotopic (exact) mass is 1200 g/mol. The van der Waals surface area contributed by atoms with Gasteiger partial charge >= 0.3 is 111 Å². The van der Waals surface area contributed by atoms with Gasteiger partial charge in [-0.2, -0.15) is 0 Å². The molecule has 0 aromatic heterocycles. The van der Waals surface area contributed by atoms with E-state index in [2.05, 4.69) is 192 Å². The van der Waals surface area contributed by atoms with Crippen LogP contribution in [-0.4, -0.2) is 65.4 Å². The Balaban J connectivity index is 0.000000520. The van der Waals surface area contributed by atoms with E-state index in [4.69, 9.17) is 0 Å². The molecular formula is C44H60Ag2F12N8P2. The maximum Gasteiger partial charge on any atom is 1.00 e. The van der Waals surface area contributed by atoms with Gasteiger partial charge in [-0.15, -0.1) is 0 Å². The van der Waals surface area contributed by atoms with Gasteiger partial charge in [-0.25, -0.2) is 0 Å². The van der Waals surface area contributed by atoms with Crippen LogP contribution >= 0.6 is 15.6 Å². The fraction of sp³-hybridized carbons (Fsp3) is 0.455. The molecule has 0 aliphatic carbocycles. The average Bonchev–Trinajstić information content (AvgIpc) is 4.03. The number of halogens is 12. The van der Waals surface area contributed by atoms with E-state index in [0.717, 1.165) is 52.4 Å². The molecule has 392 valence electrons. The van der Waals surface area contributed by atoms with Gasteiger partial charge in [0.1, 0.15) is 0 Å². The van der Waals surface area contributed by atoms with Crippen LogP contribution < -0.4 is 0 Å². The standard InChI is InChI=1S/2C22H30N4.2Ag.2F6P/c2*1-3-5-11-23-13-15-25(19-23)17-21-9-7-8-10-22(21)18-26-16-14-24(20-26)12-6-4-2;;;2*1-7(2,3,4,5)6/h2*7-10,13-16H,3-6,11-12,17-18H2,1-2H3;;;;/q;;2*+1;2*-1. The second-order valence-corrected chi connectivity index (χ2v) is 19.6. The molecule has 8 nitrogen and oxygen atoms in total. The Morgan fingerprint density at radius 2 is 0.485 bits per heavy atom. The minimum Gasteiger partial charge on any atom is 1.00 e. The molecule has 0 unspecified atom stereocenters. The maximum atomic E-state index is 9.87. The third kappa shape index (κ3) is 32.2. The first kappa shape index (κ1) is 63.3. The first-order valence-corrected chi connectivity index (χ1v) is 25.7. The SMILES string of the molecule is CCCCN1[C]N(Cc2ccccc2CN2[C]N(CCCC)C=C2)C=C1.CCCCN1[C]N(Cc2ccccc2CN2[C]N(CCCC)C=C2)C=C1.F[P-](F)(F)(F)(F)F.F[P-](F)(F)(F)(F)F.[Ag+].[Ag+]. The van der Waals surface area contributed by atoms with Crippen LogP contribution in [-0.2, 0) is 70.9 Å². The van der Waals surface area contributed by atoms with Gasteiger partial charge in [-0.3, -0.25) is 0 Å². The molecule has 0 N–H and O–H groups in total.